The minimum Gasteiger partial charge on any atom is -0.456 e. The average Bonchev–Trinajstić information content (AvgIpc) is 3.84. The summed E-state index contributed by atoms with van der Waals surface area (Å²) in [5, 5.41) is 4.24. The Morgan fingerprint density at radius 3 is 1.73 bits per heavy atom. The maximum atomic E-state index is 6.91. The number of rotatable bonds is 7. The van der Waals surface area contributed by atoms with Gasteiger partial charge in [0.15, 0.2) is 5.82 Å². The number of aromatic nitrogens is 2. The molecule has 63 heavy (non-hydrogen) atoms. The Morgan fingerprint density at radius 2 is 0.968 bits per heavy atom. The summed E-state index contributed by atoms with van der Waals surface area (Å²) in [7, 11) is 0. The molecule has 2 heterocycles. The molecule has 0 radical (unpaired) electrons. The van der Waals surface area contributed by atoms with E-state index in [1.54, 1.807) is 0 Å². The fraction of sp³-hybridized carbons (Fsp3) is 0.0508. The predicted octanol–water partition coefficient (Wildman–Crippen LogP) is 16.0. The van der Waals surface area contributed by atoms with Gasteiger partial charge in [-0.25, -0.2) is 9.97 Å². The lowest BCUT2D eigenvalue weighted by atomic mass is 9.82. The van der Waals surface area contributed by atoms with Crippen LogP contribution in [0.25, 0.3) is 88.9 Å². The molecule has 0 saturated carbocycles. The fourth-order valence-electron chi connectivity index (χ4n) is 9.81. The van der Waals surface area contributed by atoms with E-state index in [0.29, 0.717) is 5.82 Å². The van der Waals surface area contributed by atoms with Gasteiger partial charge in [0.25, 0.3) is 0 Å². The summed E-state index contributed by atoms with van der Waals surface area (Å²) in [4.78, 5) is 13.1. The van der Waals surface area contributed by atoms with Crippen molar-refractivity contribution in [1.82, 2.24) is 9.97 Å². The molecule has 0 amide bonds. The molecule has 0 saturated heterocycles. The minimum atomic E-state index is -0.136. The van der Waals surface area contributed by atoms with Crippen LogP contribution in [-0.4, -0.2) is 9.97 Å². The van der Waals surface area contributed by atoms with E-state index in [9.17, 15) is 0 Å². The summed E-state index contributed by atoms with van der Waals surface area (Å²) in [5.74, 6) is 0.653. The lowest BCUT2D eigenvalue weighted by Gasteiger charge is -2.27. The molecule has 11 aromatic rings. The van der Waals surface area contributed by atoms with Crippen LogP contribution in [0, 0.1) is 0 Å². The fourth-order valence-corrected chi connectivity index (χ4v) is 9.81. The predicted molar refractivity (Wildman–Crippen MR) is 261 cm³/mol. The lowest BCUT2D eigenvalue weighted by molar-refractivity contribution is 0.660. The molecule has 0 unspecified atom stereocenters. The van der Waals surface area contributed by atoms with Gasteiger partial charge in [0.05, 0.1) is 17.1 Å². The Balaban J connectivity index is 1.06. The first-order chi connectivity index (χ1) is 31.0. The molecule has 9 aromatic carbocycles. The van der Waals surface area contributed by atoms with Crippen LogP contribution in [0.15, 0.2) is 217 Å². The highest BCUT2D eigenvalue weighted by Gasteiger charge is 2.35. The average molecular weight is 808 g/mol. The zero-order valence-electron chi connectivity index (χ0n) is 35.0. The van der Waals surface area contributed by atoms with E-state index in [4.69, 9.17) is 14.4 Å². The summed E-state index contributed by atoms with van der Waals surface area (Å²) >= 11 is 0. The van der Waals surface area contributed by atoms with E-state index < -0.39 is 0 Å². The van der Waals surface area contributed by atoms with Gasteiger partial charge in [-0.05, 0) is 81.2 Å². The van der Waals surface area contributed by atoms with Crippen molar-refractivity contribution >= 4 is 49.8 Å². The van der Waals surface area contributed by atoms with Gasteiger partial charge in [0.2, 0.25) is 0 Å². The number of furan rings is 1. The van der Waals surface area contributed by atoms with Crippen molar-refractivity contribution in [3.8, 4) is 56.2 Å². The molecule has 0 aliphatic heterocycles. The topological polar surface area (TPSA) is 42.2 Å². The molecule has 0 fully saturated rings. The molecule has 0 N–H and O–H groups in total. The van der Waals surface area contributed by atoms with Crippen molar-refractivity contribution in [2.24, 2.45) is 0 Å². The number of fused-ring (bicyclic) bond motifs is 8. The van der Waals surface area contributed by atoms with Crippen LogP contribution in [0.1, 0.15) is 25.0 Å². The molecule has 4 nitrogen and oxygen atoms in total. The third-order valence-corrected chi connectivity index (χ3v) is 12.9. The van der Waals surface area contributed by atoms with E-state index >= 15 is 0 Å². The Morgan fingerprint density at radius 1 is 0.397 bits per heavy atom. The van der Waals surface area contributed by atoms with Gasteiger partial charge < -0.3 is 9.32 Å². The third-order valence-electron chi connectivity index (χ3n) is 12.9. The highest BCUT2D eigenvalue weighted by Crippen LogP contribution is 2.50. The molecule has 0 atom stereocenters. The summed E-state index contributed by atoms with van der Waals surface area (Å²) in [6.07, 6.45) is 0. The lowest BCUT2D eigenvalue weighted by Crippen LogP contribution is -2.14. The number of nitrogens with zero attached hydrogens (tertiary/aromatic N) is 3. The van der Waals surface area contributed by atoms with Gasteiger partial charge in [-0.3, -0.25) is 0 Å². The second-order valence-corrected chi connectivity index (χ2v) is 16.9. The number of hydrogen-bond donors (Lipinski definition) is 0. The Kier molecular flexibility index (Phi) is 8.48. The highest BCUT2D eigenvalue weighted by molar-refractivity contribution is 6.25. The molecule has 1 aliphatic rings. The molecule has 12 rings (SSSR count). The molecular formula is C59H41N3O. The van der Waals surface area contributed by atoms with Crippen LogP contribution in [0.2, 0.25) is 0 Å². The van der Waals surface area contributed by atoms with Crippen molar-refractivity contribution in [2.45, 2.75) is 19.3 Å². The smallest absolute Gasteiger partial charge is 0.161 e. The Bertz CT molecular complexity index is 3520. The first kappa shape index (κ1) is 36.7. The van der Waals surface area contributed by atoms with E-state index in [1.807, 2.05) is 6.07 Å². The van der Waals surface area contributed by atoms with Crippen LogP contribution in [-0.2, 0) is 5.41 Å². The van der Waals surface area contributed by atoms with Crippen LogP contribution >= 0.6 is 0 Å². The molecule has 1 aliphatic carbocycles. The first-order valence-electron chi connectivity index (χ1n) is 21.6. The maximum Gasteiger partial charge on any atom is 0.161 e. The van der Waals surface area contributed by atoms with Gasteiger partial charge in [-0.1, -0.05) is 178 Å². The van der Waals surface area contributed by atoms with Gasteiger partial charge in [0, 0.05) is 55.7 Å². The summed E-state index contributed by atoms with van der Waals surface area (Å²) in [6, 6.07) is 75.2. The minimum absolute atomic E-state index is 0.136. The number of anilines is 3. The largest absolute Gasteiger partial charge is 0.456 e. The summed E-state index contributed by atoms with van der Waals surface area (Å²) in [5.41, 5.74) is 17.0. The number of hydrogen-bond acceptors (Lipinski definition) is 4. The quantitative estimate of drug-likeness (QED) is 0.161. The van der Waals surface area contributed by atoms with Crippen molar-refractivity contribution in [1.29, 1.82) is 0 Å². The third kappa shape index (κ3) is 6.06. The molecule has 4 heteroatoms. The molecule has 0 bridgehead atoms. The van der Waals surface area contributed by atoms with Crippen molar-refractivity contribution in [3.05, 3.63) is 223 Å². The van der Waals surface area contributed by atoms with E-state index in [1.165, 1.54) is 33.4 Å². The van der Waals surface area contributed by atoms with Gasteiger partial charge >= 0.3 is 0 Å². The standard InChI is InChI=1S/C59H41N3O/c1-59(2)49-27-15-14-23-44(49)45-34-31-41(35-50(45)59)52-36-51(40-19-8-4-9-20-40)60-58(61-52)48-26-16-28-54-57(48)56-47-25-13-12-24-46(47)53(37-55(56)63-54)62(42-21-10-5-11-22-42)43-32-29-39(30-33-43)38-17-6-3-7-18-38/h3-37H,1-2H3. The second-order valence-electron chi connectivity index (χ2n) is 16.9. The van der Waals surface area contributed by atoms with Crippen LogP contribution < -0.4 is 4.90 Å². The van der Waals surface area contributed by atoms with E-state index in [-0.39, 0.29) is 5.41 Å². The molecular weight excluding hydrogens is 767 g/mol. The number of benzene rings is 9. The second kappa shape index (κ2) is 14.5. The van der Waals surface area contributed by atoms with Crippen molar-refractivity contribution in [3.63, 3.8) is 0 Å². The summed E-state index contributed by atoms with van der Waals surface area (Å²) < 4.78 is 6.91. The monoisotopic (exact) mass is 807 g/mol. The van der Waals surface area contributed by atoms with Crippen LogP contribution in [0.5, 0.6) is 0 Å². The van der Waals surface area contributed by atoms with Crippen LogP contribution in [0.4, 0.5) is 17.1 Å². The number of para-hydroxylation sites is 1. The molecule has 0 spiro atoms. The van der Waals surface area contributed by atoms with Gasteiger partial charge in [-0.15, -0.1) is 0 Å². The Labute approximate surface area is 366 Å². The zero-order chi connectivity index (χ0) is 42.1. The van der Waals surface area contributed by atoms with Gasteiger partial charge in [-0.2, -0.15) is 0 Å². The zero-order valence-corrected chi connectivity index (χ0v) is 35.0. The highest BCUT2D eigenvalue weighted by atomic mass is 16.3. The molecule has 2 aromatic heterocycles. The first-order valence-corrected chi connectivity index (χ1v) is 21.6. The normalized spacial score (nSPS) is 12.7. The molecule has 298 valence electrons. The van der Waals surface area contributed by atoms with E-state index in [2.05, 4.69) is 225 Å². The Hall–Kier alpha value is -8.08. The van der Waals surface area contributed by atoms with E-state index in [0.717, 1.165) is 77.9 Å². The maximum absolute atomic E-state index is 6.91. The van der Waals surface area contributed by atoms with Gasteiger partial charge in [0.1, 0.15) is 11.2 Å². The summed E-state index contributed by atoms with van der Waals surface area (Å²) in [6.45, 7) is 4.65. The SMILES string of the molecule is CC1(C)c2ccccc2-c2ccc(-c3cc(-c4ccccc4)nc(-c4cccc5oc6cc(N(c7ccccc7)c7ccc(-c8ccccc8)cc7)c7ccccc7c6c45)n3)cc21. The van der Waals surface area contributed by atoms with Crippen LogP contribution in [0.3, 0.4) is 0 Å². The van der Waals surface area contributed by atoms with Crippen molar-refractivity contribution in [2.75, 3.05) is 4.90 Å². The van der Waals surface area contributed by atoms with Crippen molar-refractivity contribution < 1.29 is 4.42 Å².